The van der Waals surface area contributed by atoms with E-state index < -0.39 is 12.6 Å². The van der Waals surface area contributed by atoms with Crippen LogP contribution < -0.4 is 5.73 Å². The highest BCUT2D eigenvalue weighted by Gasteiger charge is 2.35. The van der Waals surface area contributed by atoms with Crippen molar-refractivity contribution < 1.29 is 13.2 Å². The van der Waals surface area contributed by atoms with Crippen molar-refractivity contribution in [2.45, 2.75) is 43.7 Å². The number of alkyl halides is 3. The molecular weight excluding hydrogens is 239 g/mol. The summed E-state index contributed by atoms with van der Waals surface area (Å²) >= 11 is 0. The van der Waals surface area contributed by atoms with E-state index in [4.69, 9.17) is 5.73 Å². The molecule has 0 aliphatic heterocycles. The molecule has 2 rings (SSSR count). The fraction of sp³-hybridized carbons (Fsp3) is 0.571. The lowest BCUT2D eigenvalue weighted by Gasteiger charge is -2.28. The fourth-order valence-corrected chi connectivity index (χ4v) is 2.91. The molecule has 2 N–H and O–H groups in total. The van der Waals surface area contributed by atoms with Crippen molar-refractivity contribution in [3.8, 4) is 0 Å². The summed E-state index contributed by atoms with van der Waals surface area (Å²) in [5.41, 5.74) is 7.07. The quantitative estimate of drug-likeness (QED) is 0.880. The van der Waals surface area contributed by atoms with Gasteiger partial charge in [0.2, 0.25) is 0 Å². The molecule has 0 saturated heterocycles. The van der Waals surface area contributed by atoms with Gasteiger partial charge in [0.25, 0.3) is 0 Å². The maximum absolute atomic E-state index is 12.4. The number of nitrogens with two attached hydrogens (primary N) is 1. The van der Waals surface area contributed by atoms with E-state index in [1.807, 2.05) is 6.07 Å². The minimum atomic E-state index is -4.15. The predicted octanol–water partition coefficient (Wildman–Crippen LogP) is 3.56. The fourth-order valence-electron chi connectivity index (χ4n) is 2.91. The normalized spacial score (nSPS) is 19.1. The largest absolute Gasteiger partial charge is 0.393 e. The number of benzene rings is 1. The molecule has 1 aromatic rings. The van der Waals surface area contributed by atoms with E-state index in [0.717, 1.165) is 31.2 Å². The summed E-state index contributed by atoms with van der Waals surface area (Å²) in [4.78, 5) is 0. The van der Waals surface area contributed by atoms with Crippen LogP contribution in [0.5, 0.6) is 0 Å². The Morgan fingerprint density at radius 3 is 2.39 bits per heavy atom. The third kappa shape index (κ3) is 2.86. The van der Waals surface area contributed by atoms with Crippen LogP contribution in [0.15, 0.2) is 24.3 Å². The molecule has 0 atom stereocenters. The van der Waals surface area contributed by atoms with Gasteiger partial charge in [-0.25, -0.2) is 0 Å². The highest BCUT2D eigenvalue weighted by molar-refractivity contribution is 5.32. The lowest BCUT2D eigenvalue weighted by Crippen LogP contribution is -2.32. The van der Waals surface area contributed by atoms with Crippen LogP contribution >= 0.6 is 0 Å². The monoisotopic (exact) mass is 257 g/mol. The average Bonchev–Trinajstić information content (AvgIpc) is 2.77. The highest BCUT2D eigenvalue weighted by Crippen LogP contribution is 2.40. The molecule has 1 fully saturated rings. The van der Waals surface area contributed by atoms with Gasteiger partial charge in [0.1, 0.15) is 0 Å². The molecule has 1 aliphatic carbocycles. The zero-order valence-corrected chi connectivity index (χ0v) is 10.3. The molecule has 0 aromatic heterocycles. The second kappa shape index (κ2) is 4.92. The van der Waals surface area contributed by atoms with Crippen LogP contribution in [-0.2, 0) is 11.8 Å². The van der Waals surface area contributed by atoms with Gasteiger partial charge in [-0.3, -0.25) is 0 Å². The first-order valence-electron chi connectivity index (χ1n) is 6.31. The summed E-state index contributed by atoms with van der Waals surface area (Å²) in [6.45, 7) is 0.516. The Bertz CT molecular complexity index is 406. The van der Waals surface area contributed by atoms with E-state index in [1.54, 1.807) is 12.1 Å². The van der Waals surface area contributed by atoms with Crippen LogP contribution in [-0.4, -0.2) is 12.7 Å². The van der Waals surface area contributed by atoms with Crippen LogP contribution in [0.3, 0.4) is 0 Å². The molecule has 0 spiro atoms. The molecule has 0 radical (unpaired) electrons. The van der Waals surface area contributed by atoms with Gasteiger partial charge >= 0.3 is 6.18 Å². The summed E-state index contributed by atoms with van der Waals surface area (Å²) in [6.07, 6.45) is -0.814. The standard InChI is InChI=1S/C14H18F3N/c15-14(16,17)9-11-4-3-5-12(8-11)13(10-18)6-1-2-7-13/h3-5,8H,1-2,6-7,9-10,18H2. The molecule has 0 heterocycles. The lowest BCUT2D eigenvalue weighted by atomic mass is 9.78. The van der Waals surface area contributed by atoms with Crippen LogP contribution in [0, 0.1) is 0 Å². The van der Waals surface area contributed by atoms with Crippen molar-refractivity contribution >= 4 is 0 Å². The van der Waals surface area contributed by atoms with Gasteiger partial charge in [0.15, 0.2) is 0 Å². The molecule has 1 aliphatic rings. The van der Waals surface area contributed by atoms with Crippen molar-refractivity contribution in [3.63, 3.8) is 0 Å². The van der Waals surface area contributed by atoms with Crippen molar-refractivity contribution in [2.24, 2.45) is 5.73 Å². The zero-order valence-electron chi connectivity index (χ0n) is 10.3. The van der Waals surface area contributed by atoms with Crippen molar-refractivity contribution in [2.75, 3.05) is 6.54 Å². The smallest absolute Gasteiger partial charge is 0.330 e. The van der Waals surface area contributed by atoms with Crippen LogP contribution in [0.1, 0.15) is 36.8 Å². The second-order valence-electron chi connectivity index (χ2n) is 5.18. The number of hydrogen-bond acceptors (Lipinski definition) is 1. The number of rotatable bonds is 3. The minimum absolute atomic E-state index is 0.0956. The van der Waals surface area contributed by atoms with Gasteiger partial charge in [-0.2, -0.15) is 13.2 Å². The summed E-state index contributed by atoms with van der Waals surface area (Å²) in [7, 11) is 0. The molecule has 0 unspecified atom stereocenters. The average molecular weight is 257 g/mol. The summed E-state index contributed by atoms with van der Waals surface area (Å²) in [5, 5.41) is 0. The third-order valence-corrected chi connectivity index (χ3v) is 3.90. The Morgan fingerprint density at radius 2 is 1.83 bits per heavy atom. The molecule has 0 amide bonds. The number of hydrogen-bond donors (Lipinski definition) is 1. The van der Waals surface area contributed by atoms with E-state index in [1.165, 1.54) is 6.07 Å². The Morgan fingerprint density at radius 1 is 1.17 bits per heavy atom. The first kappa shape index (κ1) is 13.4. The Kier molecular flexibility index (Phi) is 3.66. The van der Waals surface area contributed by atoms with E-state index in [-0.39, 0.29) is 5.41 Å². The van der Waals surface area contributed by atoms with Crippen LogP contribution in [0.4, 0.5) is 13.2 Å². The van der Waals surface area contributed by atoms with Gasteiger partial charge in [-0.05, 0) is 24.0 Å². The third-order valence-electron chi connectivity index (χ3n) is 3.90. The first-order chi connectivity index (χ1) is 8.45. The molecule has 4 heteroatoms. The van der Waals surface area contributed by atoms with Crippen LogP contribution in [0.25, 0.3) is 0 Å². The molecular formula is C14H18F3N. The van der Waals surface area contributed by atoms with E-state index >= 15 is 0 Å². The van der Waals surface area contributed by atoms with E-state index in [9.17, 15) is 13.2 Å². The van der Waals surface area contributed by atoms with Gasteiger partial charge < -0.3 is 5.73 Å². The second-order valence-corrected chi connectivity index (χ2v) is 5.18. The molecule has 0 bridgehead atoms. The predicted molar refractivity (Wildman–Crippen MR) is 65.4 cm³/mol. The maximum atomic E-state index is 12.4. The first-order valence-corrected chi connectivity index (χ1v) is 6.31. The van der Waals surface area contributed by atoms with Gasteiger partial charge in [0, 0.05) is 12.0 Å². The summed E-state index contributed by atoms with van der Waals surface area (Å²) < 4.78 is 37.2. The topological polar surface area (TPSA) is 26.0 Å². The van der Waals surface area contributed by atoms with Crippen LogP contribution in [0.2, 0.25) is 0 Å². The van der Waals surface area contributed by atoms with Crippen molar-refractivity contribution in [1.29, 1.82) is 0 Å². The SMILES string of the molecule is NCC1(c2cccc(CC(F)(F)F)c2)CCCC1. The van der Waals surface area contributed by atoms with Gasteiger partial charge in [-0.15, -0.1) is 0 Å². The van der Waals surface area contributed by atoms with Gasteiger partial charge in [-0.1, -0.05) is 37.1 Å². The summed E-state index contributed by atoms with van der Waals surface area (Å²) in [5.74, 6) is 0. The molecule has 100 valence electrons. The Balaban J connectivity index is 2.26. The molecule has 1 nitrogen and oxygen atoms in total. The van der Waals surface area contributed by atoms with E-state index in [2.05, 4.69) is 0 Å². The number of halogens is 3. The zero-order chi connectivity index (χ0) is 13.2. The Labute approximate surface area is 105 Å². The minimum Gasteiger partial charge on any atom is -0.330 e. The maximum Gasteiger partial charge on any atom is 0.393 e. The van der Waals surface area contributed by atoms with E-state index in [0.29, 0.717) is 12.1 Å². The van der Waals surface area contributed by atoms with Crippen molar-refractivity contribution in [3.05, 3.63) is 35.4 Å². The Hall–Kier alpha value is -1.03. The molecule has 1 aromatic carbocycles. The molecule has 1 saturated carbocycles. The highest BCUT2D eigenvalue weighted by atomic mass is 19.4. The lowest BCUT2D eigenvalue weighted by molar-refractivity contribution is -0.127. The molecule has 18 heavy (non-hydrogen) atoms. The van der Waals surface area contributed by atoms with Crippen molar-refractivity contribution in [1.82, 2.24) is 0 Å². The van der Waals surface area contributed by atoms with Gasteiger partial charge in [0.05, 0.1) is 6.42 Å². The summed E-state index contributed by atoms with van der Waals surface area (Å²) in [6, 6.07) is 6.85.